The van der Waals surface area contributed by atoms with E-state index in [1.165, 1.54) is 11.3 Å². The van der Waals surface area contributed by atoms with Crippen molar-refractivity contribution in [2.45, 2.75) is 12.8 Å². The summed E-state index contributed by atoms with van der Waals surface area (Å²) in [5.74, 6) is 0.365. The predicted molar refractivity (Wildman–Crippen MR) is 109 cm³/mol. The first-order valence-corrected chi connectivity index (χ1v) is 10.1. The fourth-order valence-corrected chi connectivity index (χ4v) is 4.00. The van der Waals surface area contributed by atoms with E-state index in [0.717, 1.165) is 39.3 Å². The minimum absolute atomic E-state index is 0.0405. The van der Waals surface area contributed by atoms with Crippen LogP contribution in [0, 0.1) is 5.92 Å². The number of benzene rings is 1. The van der Waals surface area contributed by atoms with Crippen LogP contribution in [0.25, 0.3) is 16.0 Å². The number of halogens is 1. The molecule has 140 valence electrons. The molecule has 0 aliphatic heterocycles. The summed E-state index contributed by atoms with van der Waals surface area (Å²) in [6.07, 6.45) is 1.78. The van der Waals surface area contributed by atoms with Gasteiger partial charge >= 0.3 is 0 Å². The fourth-order valence-electron chi connectivity index (χ4n) is 2.72. The van der Waals surface area contributed by atoms with Gasteiger partial charge in [-0.15, -0.1) is 11.3 Å². The van der Waals surface area contributed by atoms with Crippen LogP contribution in [0.3, 0.4) is 0 Å². The van der Waals surface area contributed by atoms with Gasteiger partial charge in [-0.25, -0.2) is 4.98 Å². The molecule has 0 saturated heterocycles. The summed E-state index contributed by atoms with van der Waals surface area (Å²) in [6, 6.07) is 9.67. The van der Waals surface area contributed by atoms with Crippen LogP contribution in [0.2, 0.25) is 0 Å². The van der Waals surface area contributed by atoms with Crippen molar-refractivity contribution in [3.05, 3.63) is 39.7 Å². The molecule has 0 spiro atoms. The zero-order valence-corrected chi connectivity index (χ0v) is 17.2. The number of amides is 2. The lowest BCUT2D eigenvalue weighted by molar-refractivity contribution is -0.123. The molecule has 1 aliphatic rings. The van der Waals surface area contributed by atoms with Crippen LogP contribution in [0.5, 0.6) is 0 Å². The summed E-state index contributed by atoms with van der Waals surface area (Å²) in [6.45, 7) is 0. The van der Waals surface area contributed by atoms with Crippen molar-refractivity contribution in [1.82, 2.24) is 20.4 Å². The van der Waals surface area contributed by atoms with Crippen molar-refractivity contribution in [3.63, 3.8) is 0 Å². The predicted octanol–water partition coefficient (Wildman–Crippen LogP) is 3.09. The second-order valence-electron chi connectivity index (χ2n) is 6.64. The molecule has 4 rings (SSSR count). The highest BCUT2D eigenvalue weighted by Crippen LogP contribution is 2.33. The molecular weight excluding hydrogens is 430 g/mol. The highest BCUT2D eigenvalue weighted by Gasteiger charge is 2.30. The van der Waals surface area contributed by atoms with E-state index < -0.39 is 0 Å². The molecule has 2 amide bonds. The van der Waals surface area contributed by atoms with E-state index in [1.54, 1.807) is 6.07 Å². The van der Waals surface area contributed by atoms with Crippen LogP contribution >= 0.6 is 27.3 Å². The lowest BCUT2D eigenvalue weighted by atomic mass is 10.3. The summed E-state index contributed by atoms with van der Waals surface area (Å²) in [5.41, 5.74) is 6.68. The Labute approximate surface area is 168 Å². The molecule has 7 nitrogen and oxygen atoms in total. The van der Waals surface area contributed by atoms with Crippen LogP contribution in [0.4, 0.5) is 5.95 Å². The number of rotatable bonds is 4. The third-order valence-electron chi connectivity index (χ3n) is 4.27. The van der Waals surface area contributed by atoms with Gasteiger partial charge in [0.05, 0.1) is 4.88 Å². The van der Waals surface area contributed by atoms with E-state index in [0.29, 0.717) is 4.88 Å². The van der Waals surface area contributed by atoms with Crippen LogP contribution in [0.15, 0.2) is 34.8 Å². The lowest BCUT2D eigenvalue weighted by Crippen LogP contribution is -2.42. The fraction of sp³-hybridized carbons (Fsp3) is 0.278. The molecule has 0 unspecified atom stereocenters. The van der Waals surface area contributed by atoms with Crippen molar-refractivity contribution in [2.75, 3.05) is 19.0 Å². The van der Waals surface area contributed by atoms with E-state index in [4.69, 9.17) is 0 Å². The number of carbonyl (C=O) groups excluding carboxylic acids is 2. The first kappa shape index (κ1) is 18.0. The summed E-state index contributed by atoms with van der Waals surface area (Å²) in [4.78, 5) is 32.1. The molecule has 0 atom stereocenters. The molecule has 1 aromatic carbocycles. The van der Waals surface area contributed by atoms with E-state index in [1.807, 2.05) is 47.8 Å². The summed E-state index contributed by atoms with van der Waals surface area (Å²) >= 11 is 4.80. The standard InChI is InChI=1S/C18H18BrN5O2S/c1-23(2)18-20-13-9-14(16(26)22-21-15(25)10-3-4-10)27-17(13)24(18)12-7-5-11(19)6-8-12/h5-10H,3-4H2,1-2H3,(H,21,25)(H,22,26). The molecule has 0 radical (unpaired) electrons. The van der Waals surface area contributed by atoms with Gasteiger partial charge in [0.2, 0.25) is 11.9 Å². The Kier molecular flexibility index (Phi) is 4.65. The number of imidazole rings is 1. The number of thiophene rings is 1. The number of anilines is 1. The van der Waals surface area contributed by atoms with Gasteiger partial charge in [0.1, 0.15) is 10.3 Å². The summed E-state index contributed by atoms with van der Waals surface area (Å²) < 4.78 is 3.01. The average molecular weight is 448 g/mol. The zero-order valence-electron chi connectivity index (χ0n) is 14.8. The summed E-state index contributed by atoms with van der Waals surface area (Å²) in [7, 11) is 3.87. The molecule has 27 heavy (non-hydrogen) atoms. The van der Waals surface area contributed by atoms with Crippen molar-refractivity contribution in [3.8, 4) is 5.69 Å². The van der Waals surface area contributed by atoms with Crippen molar-refractivity contribution >= 4 is 55.4 Å². The second kappa shape index (κ2) is 6.97. The van der Waals surface area contributed by atoms with E-state index in [-0.39, 0.29) is 17.7 Å². The van der Waals surface area contributed by atoms with Crippen LogP contribution in [-0.2, 0) is 4.79 Å². The third kappa shape index (κ3) is 3.57. The Bertz CT molecular complexity index is 1020. The van der Waals surface area contributed by atoms with Crippen LogP contribution in [-0.4, -0.2) is 35.5 Å². The van der Waals surface area contributed by atoms with Crippen LogP contribution < -0.4 is 15.8 Å². The number of hydrogen-bond donors (Lipinski definition) is 2. The lowest BCUT2D eigenvalue weighted by Gasteiger charge is -2.14. The Hall–Kier alpha value is -2.39. The molecule has 1 aliphatic carbocycles. The number of carbonyl (C=O) groups is 2. The SMILES string of the molecule is CN(C)c1nc2cc(C(=O)NNC(=O)C3CC3)sc2n1-c1ccc(Br)cc1. The smallest absolute Gasteiger partial charge is 0.279 e. The molecule has 2 N–H and O–H groups in total. The molecular formula is C18H18BrN5O2S. The maximum Gasteiger partial charge on any atom is 0.279 e. The van der Waals surface area contributed by atoms with Crippen molar-refractivity contribution in [1.29, 1.82) is 0 Å². The van der Waals surface area contributed by atoms with Gasteiger partial charge in [-0.1, -0.05) is 15.9 Å². The first-order valence-electron chi connectivity index (χ1n) is 8.50. The average Bonchev–Trinajstić information content (AvgIpc) is 3.31. The maximum atomic E-state index is 12.4. The van der Waals surface area contributed by atoms with Gasteiger partial charge in [-0.3, -0.25) is 25.0 Å². The van der Waals surface area contributed by atoms with Crippen molar-refractivity contribution < 1.29 is 9.59 Å². The topological polar surface area (TPSA) is 79.3 Å². The quantitative estimate of drug-likeness (QED) is 0.602. The highest BCUT2D eigenvalue weighted by molar-refractivity contribution is 9.10. The first-order chi connectivity index (χ1) is 12.9. The number of fused-ring (bicyclic) bond motifs is 1. The van der Waals surface area contributed by atoms with Gasteiger partial charge in [0, 0.05) is 30.2 Å². The largest absolute Gasteiger partial charge is 0.348 e. The minimum Gasteiger partial charge on any atom is -0.348 e. The number of hydrogen-bond acceptors (Lipinski definition) is 5. The summed E-state index contributed by atoms with van der Waals surface area (Å²) in [5, 5.41) is 0. The minimum atomic E-state index is -0.333. The molecule has 3 aromatic rings. The van der Waals surface area contributed by atoms with E-state index >= 15 is 0 Å². The van der Waals surface area contributed by atoms with E-state index in [2.05, 4.69) is 31.8 Å². The number of nitrogens with zero attached hydrogens (tertiary/aromatic N) is 3. The number of aromatic nitrogens is 2. The van der Waals surface area contributed by atoms with Gasteiger partial charge in [0.25, 0.3) is 5.91 Å². The molecule has 9 heteroatoms. The zero-order chi connectivity index (χ0) is 19.1. The number of hydrazine groups is 1. The molecule has 2 heterocycles. The van der Waals surface area contributed by atoms with Crippen LogP contribution in [0.1, 0.15) is 22.5 Å². The van der Waals surface area contributed by atoms with Gasteiger partial charge < -0.3 is 4.90 Å². The second-order valence-corrected chi connectivity index (χ2v) is 8.58. The molecule has 2 aromatic heterocycles. The van der Waals surface area contributed by atoms with Crippen molar-refractivity contribution in [2.24, 2.45) is 5.92 Å². The normalized spacial score (nSPS) is 13.6. The molecule has 1 fully saturated rings. The van der Waals surface area contributed by atoms with Gasteiger partial charge in [-0.2, -0.15) is 0 Å². The Morgan fingerprint density at radius 1 is 1.22 bits per heavy atom. The number of nitrogens with one attached hydrogen (secondary N) is 2. The van der Waals surface area contributed by atoms with Gasteiger partial charge in [-0.05, 0) is 43.2 Å². The monoisotopic (exact) mass is 447 g/mol. The Morgan fingerprint density at radius 2 is 1.93 bits per heavy atom. The maximum absolute atomic E-state index is 12.4. The Morgan fingerprint density at radius 3 is 2.56 bits per heavy atom. The molecule has 0 bridgehead atoms. The Balaban J connectivity index is 1.66. The third-order valence-corrected chi connectivity index (χ3v) is 5.91. The van der Waals surface area contributed by atoms with Gasteiger partial charge in [0.15, 0.2) is 0 Å². The van der Waals surface area contributed by atoms with E-state index in [9.17, 15) is 9.59 Å². The molecule has 1 saturated carbocycles. The highest BCUT2D eigenvalue weighted by atomic mass is 79.9.